The molecule has 3 rings (SSSR count). The van der Waals surface area contributed by atoms with Gasteiger partial charge in [0.15, 0.2) is 0 Å². The molecule has 1 aliphatic rings. The molecule has 0 amide bonds. The van der Waals surface area contributed by atoms with Crippen LogP contribution in [0.15, 0.2) is 17.8 Å². The van der Waals surface area contributed by atoms with Crippen molar-refractivity contribution in [2.24, 2.45) is 0 Å². The van der Waals surface area contributed by atoms with E-state index in [1.807, 2.05) is 10.3 Å². The second-order valence-electron chi connectivity index (χ2n) is 5.53. The van der Waals surface area contributed by atoms with Crippen molar-refractivity contribution in [3.05, 3.63) is 17.8 Å². The second kappa shape index (κ2) is 5.57. The van der Waals surface area contributed by atoms with Gasteiger partial charge in [0, 0.05) is 25.2 Å². The van der Waals surface area contributed by atoms with Crippen LogP contribution in [-0.2, 0) is 4.79 Å². The van der Waals surface area contributed by atoms with Gasteiger partial charge in [-0.2, -0.15) is 0 Å². The van der Waals surface area contributed by atoms with E-state index in [9.17, 15) is 4.79 Å². The molecule has 0 aromatic carbocycles. The highest BCUT2D eigenvalue weighted by molar-refractivity contribution is 7.16. The zero-order valence-corrected chi connectivity index (χ0v) is 12.9. The molecule has 0 spiro atoms. The molecule has 0 aliphatic carbocycles. The predicted molar refractivity (Wildman–Crippen MR) is 82.9 cm³/mol. The van der Waals surface area contributed by atoms with E-state index < -0.39 is 5.97 Å². The highest BCUT2D eigenvalue weighted by Gasteiger charge is 2.32. The maximum absolute atomic E-state index is 10.9. The van der Waals surface area contributed by atoms with E-state index in [0.717, 1.165) is 29.1 Å². The number of aliphatic carboxylic acids is 1. The number of thiophene rings is 1. The van der Waals surface area contributed by atoms with Crippen LogP contribution in [0.3, 0.4) is 0 Å². The Morgan fingerprint density at radius 3 is 2.76 bits per heavy atom. The van der Waals surface area contributed by atoms with Crippen LogP contribution >= 0.6 is 11.3 Å². The molecule has 7 heteroatoms. The molecule has 0 bridgehead atoms. The van der Waals surface area contributed by atoms with E-state index in [-0.39, 0.29) is 18.6 Å². The van der Waals surface area contributed by atoms with Crippen LogP contribution in [0.1, 0.15) is 13.8 Å². The fourth-order valence-corrected chi connectivity index (χ4v) is 3.88. The molecule has 2 atom stereocenters. The van der Waals surface area contributed by atoms with E-state index in [0.29, 0.717) is 0 Å². The van der Waals surface area contributed by atoms with Gasteiger partial charge in [0.05, 0.1) is 11.9 Å². The molecule has 2 aromatic heterocycles. The number of piperazine rings is 1. The Morgan fingerprint density at radius 1 is 1.38 bits per heavy atom. The lowest BCUT2D eigenvalue weighted by molar-refractivity contribution is -0.138. The van der Waals surface area contributed by atoms with Crippen molar-refractivity contribution in [1.82, 2.24) is 14.9 Å². The van der Waals surface area contributed by atoms with Gasteiger partial charge in [-0.3, -0.25) is 9.69 Å². The van der Waals surface area contributed by atoms with Crippen molar-refractivity contribution < 1.29 is 9.90 Å². The van der Waals surface area contributed by atoms with Gasteiger partial charge in [0.2, 0.25) is 0 Å². The summed E-state index contributed by atoms with van der Waals surface area (Å²) in [4.78, 5) is 24.9. The number of hydrogen-bond donors (Lipinski definition) is 1. The fourth-order valence-electron chi connectivity index (χ4n) is 3.15. The lowest BCUT2D eigenvalue weighted by Crippen LogP contribution is -2.58. The highest BCUT2D eigenvalue weighted by atomic mass is 32.1. The Hall–Kier alpha value is -1.73. The number of hydrogen-bond acceptors (Lipinski definition) is 6. The number of anilines is 1. The lowest BCUT2D eigenvalue weighted by atomic mass is 10.1. The van der Waals surface area contributed by atoms with E-state index in [4.69, 9.17) is 5.11 Å². The van der Waals surface area contributed by atoms with Gasteiger partial charge in [-0.1, -0.05) is 0 Å². The van der Waals surface area contributed by atoms with Crippen LogP contribution in [0.2, 0.25) is 0 Å². The average molecular weight is 306 g/mol. The number of nitrogens with zero attached hydrogens (tertiary/aromatic N) is 4. The Kier molecular flexibility index (Phi) is 3.77. The van der Waals surface area contributed by atoms with Crippen molar-refractivity contribution in [3.8, 4) is 0 Å². The number of carbonyl (C=O) groups is 1. The molecule has 3 heterocycles. The molecule has 21 heavy (non-hydrogen) atoms. The molecule has 1 aliphatic heterocycles. The zero-order valence-electron chi connectivity index (χ0n) is 12.1. The predicted octanol–water partition coefficient (Wildman–Crippen LogP) is 1.67. The standard InChI is InChI=1S/C14H18N4O2S/c1-9-5-17(7-12(19)20)6-10(2)18(9)13-11-3-4-21-14(11)16-8-15-13/h3-4,8-10H,5-7H2,1-2H3,(H,19,20)/t9-,10+. The number of carboxylic acids is 1. The van der Waals surface area contributed by atoms with Crippen molar-refractivity contribution >= 4 is 33.3 Å². The van der Waals surface area contributed by atoms with Crippen LogP contribution in [0.5, 0.6) is 0 Å². The second-order valence-corrected chi connectivity index (χ2v) is 6.42. The van der Waals surface area contributed by atoms with Crippen molar-refractivity contribution in [1.29, 1.82) is 0 Å². The summed E-state index contributed by atoms with van der Waals surface area (Å²) >= 11 is 1.61. The van der Waals surface area contributed by atoms with Crippen LogP contribution < -0.4 is 4.90 Å². The van der Waals surface area contributed by atoms with Crippen LogP contribution in [-0.4, -0.2) is 57.7 Å². The number of aromatic nitrogens is 2. The molecular formula is C14H18N4O2S. The van der Waals surface area contributed by atoms with Crippen molar-refractivity contribution in [2.75, 3.05) is 24.5 Å². The van der Waals surface area contributed by atoms with Crippen LogP contribution in [0, 0.1) is 0 Å². The highest BCUT2D eigenvalue weighted by Crippen LogP contribution is 2.31. The minimum atomic E-state index is -0.773. The largest absolute Gasteiger partial charge is 0.480 e. The first-order valence-corrected chi connectivity index (χ1v) is 7.85. The smallest absolute Gasteiger partial charge is 0.317 e. The molecule has 6 nitrogen and oxygen atoms in total. The van der Waals surface area contributed by atoms with Crippen LogP contribution in [0.4, 0.5) is 5.82 Å². The first kappa shape index (κ1) is 14.2. The van der Waals surface area contributed by atoms with Gasteiger partial charge in [-0.25, -0.2) is 9.97 Å². The van der Waals surface area contributed by atoms with Gasteiger partial charge in [-0.05, 0) is 25.3 Å². The van der Waals surface area contributed by atoms with E-state index in [1.165, 1.54) is 0 Å². The minimum absolute atomic E-state index is 0.0974. The number of rotatable bonds is 3. The third-order valence-electron chi connectivity index (χ3n) is 3.84. The normalized spacial score (nSPS) is 23.6. The molecule has 0 saturated carbocycles. The Morgan fingerprint density at radius 2 is 2.10 bits per heavy atom. The Balaban J connectivity index is 1.89. The lowest BCUT2D eigenvalue weighted by Gasteiger charge is -2.44. The van der Waals surface area contributed by atoms with Crippen molar-refractivity contribution in [2.45, 2.75) is 25.9 Å². The van der Waals surface area contributed by atoms with Crippen molar-refractivity contribution in [3.63, 3.8) is 0 Å². The first-order chi connectivity index (χ1) is 10.1. The van der Waals surface area contributed by atoms with Gasteiger partial charge >= 0.3 is 5.97 Å². The summed E-state index contributed by atoms with van der Waals surface area (Å²) in [5.74, 6) is 0.182. The van der Waals surface area contributed by atoms with Gasteiger partial charge in [-0.15, -0.1) is 11.3 Å². The summed E-state index contributed by atoms with van der Waals surface area (Å²) in [7, 11) is 0. The summed E-state index contributed by atoms with van der Waals surface area (Å²) in [5.41, 5.74) is 0. The summed E-state index contributed by atoms with van der Waals surface area (Å²) < 4.78 is 0. The molecular weight excluding hydrogens is 288 g/mol. The zero-order chi connectivity index (χ0) is 15.0. The van der Waals surface area contributed by atoms with E-state index in [2.05, 4.69) is 34.8 Å². The summed E-state index contributed by atoms with van der Waals surface area (Å²) in [5, 5.41) is 12.1. The monoisotopic (exact) mass is 306 g/mol. The van der Waals surface area contributed by atoms with E-state index in [1.54, 1.807) is 17.7 Å². The molecule has 0 radical (unpaired) electrons. The van der Waals surface area contributed by atoms with Gasteiger partial charge in [0.25, 0.3) is 0 Å². The third-order valence-corrected chi connectivity index (χ3v) is 4.66. The Bertz CT molecular complexity index is 647. The van der Waals surface area contributed by atoms with Gasteiger partial charge in [0.1, 0.15) is 17.0 Å². The van der Waals surface area contributed by atoms with E-state index >= 15 is 0 Å². The quantitative estimate of drug-likeness (QED) is 0.930. The first-order valence-electron chi connectivity index (χ1n) is 6.97. The van der Waals surface area contributed by atoms with Gasteiger partial charge < -0.3 is 10.0 Å². The maximum atomic E-state index is 10.9. The minimum Gasteiger partial charge on any atom is -0.480 e. The molecule has 1 N–H and O–H groups in total. The SMILES string of the molecule is C[C@@H]1CN(CC(=O)O)C[C@H](C)N1c1ncnc2sccc12. The molecule has 1 saturated heterocycles. The summed E-state index contributed by atoms with van der Waals surface area (Å²) in [6.45, 7) is 5.79. The summed E-state index contributed by atoms with van der Waals surface area (Å²) in [6.07, 6.45) is 1.61. The molecule has 2 aromatic rings. The number of carboxylic acid groups (broad SMARTS) is 1. The van der Waals surface area contributed by atoms with Crippen LogP contribution in [0.25, 0.3) is 10.2 Å². The average Bonchev–Trinajstić information content (AvgIpc) is 2.86. The third kappa shape index (κ3) is 2.71. The Labute approximate surface area is 127 Å². The molecule has 112 valence electrons. The molecule has 0 unspecified atom stereocenters. The topological polar surface area (TPSA) is 69.6 Å². The fraction of sp³-hybridized carbons (Fsp3) is 0.500. The number of fused-ring (bicyclic) bond motifs is 1. The molecule has 1 fully saturated rings. The maximum Gasteiger partial charge on any atom is 0.317 e. The summed E-state index contributed by atoms with van der Waals surface area (Å²) in [6, 6.07) is 2.48.